The minimum atomic E-state index is -0.445. The number of hydrogen-bond acceptors (Lipinski definition) is 6. The largest absolute Gasteiger partial charge is 0.455 e. The number of hydrogen-bond donors (Lipinski definition) is 1. The fourth-order valence-corrected chi connectivity index (χ4v) is 4.28. The van der Waals surface area contributed by atoms with Gasteiger partial charge in [0.15, 0.2) is 0 Å². The van der Waals surface area contributed by atoms with Gasteiger partial charge >= 0.3 is 5.97 Å². The zero-order valence-electron chi connectivity index (χ0n) is 13.5. The Hall–Kier alpha value is -2.25. The molecule has 24 heavy (non-hydrogen) atoms. The number of nitrogens with zero attached hydrogens (tertiary/aromatic N) is 1. The van der Waals surface area contributed by atoms with Gasteiger partial charge in [-0.25, -0.2) is 9.78 Å². The molecule has 0 aliphatic carbocycles. The van der Waals surface area contributed by atoms with Crippen LogP contribution in [0.5, 0.6) is 0 Å². The predicted molar refractivity (Wildman–Crippen MR) is 96.8 cm³/mol. The van der Waals surface area contributed by atoms with Crippen molar-refractivity contribution in [3.8, 4) is 0 Å². The van der Waals surface area contributed by atoms with E-state index in [-0.39, 0.29) is 12.5 Å². The predicted octanol–water partition coefficient (Wildman–Crippen LogP) is 4.29. The highest BCUT2D eigenvalue weighted by Gasteiger charge is 2.22. The molecule has 2 aromatic heterocycles. The number of anilines is 1. The van der Waals surface area contributed by atoms with Crippen LogP contribution in [0.3, 0.4) is 0 Å². The van der Waals surface area contributed by atoms with Gasteiger partial charge in [0.2, 0.25) is 5.91 Å². The number of aryl methyl sites for hydroxylation is 1. The van der Waals surface area contributed by atoms with Crippen molar-refractivity contribution in [2.45, 2.75) is 27.4 Å². The number of carbonyl (C=O) groups excluding carboxylic acids is 2. The zero-order valence-corrected chi connectivity index (χ0v) is 15.1. The van der Waals surface area contributed by atoms with E-state index >= 15 is 0 Å². The molecule has 0 aliphatic heterocycles. The molecule has 5 nitrogen and oxygen atoms in total. The summed E-state index contributed by atoms with van der Waals surface area (Å²) >= 11 is 2.88. The molecular weight excluding hydrogens is 344 g/mol. The molecule has 7 heteroatoms. The SMILES string of the molecule is CC(=O)Nc1sc(C)c(C)c1C(=O)OCc1nc2ccccc2s1. The molecule has 0 saturated carbocycles. The molecule has 0 aliphatic rings. The number of esters is 1. The number of fused-ring (bicyclic) bond motifs is 1. The Morgan fingerprint density at radius 1 is 1.21 bits per heavy atom. The van der Waals surface area contributed by atoms with Gasteiger partial charge in [0.1, 0.15) is 16.6 Å². The van der Waals surface area contributed by atoms with Crippen LogP contribution in [0.25, 0.3) is 10.2 Å². The Morgan fingerprint density at radius 3 is 2.67 bits per heavy atom. The summed E-state index contributed by atoms with van der Waals surface area (Å²) in [5.74, 6) is -0.656. The van der Waals surface area contributed by atoms with Crippen molar-refractivity contribution in [3.05, 3.63) is 45.3 Å². The molecule has 124 valence electrons. The molecule has 3 rings (SSSR count). The first kappa shape index (κ1) is 16.6. The van der Waals surface area contributed by atoms with E-state index < -0.39 is 5.97 Å². The number of carbonyl (C=O) groups is 2. The second-order valence-electron chi connectivity index (χ2n) is 5.32. The maximum absolute atomic E-state index is 12.5. The summed E-state index contributed by atoms with van der Waals surface area (Å²) < 4.78 is 6.48. The summed E-state index contributed by atoms with van der Waals surface area (Å²) in [7, 11) is 0. The number of thiazole rings is 1. The molecular formula is C17H16N2O3S2. The first-order chi connectivity index (χ1) is 11.5. The zero-order chi connectivity index (χ0) is 17.3. The minimum absolute atomic E-state index is 0.117. The number of nitrogens with one attached hydrogen (secondary N) is 1. The second kappa shape index (κ2) is 6.70. The fourth-order valence-electron chi connectivity index (χ4n) is 2.30. The van der Waals surface area contributed by atoms with E-state index in [0.29, 0.717) is 10.6 Å². The lowest BCUT2D eigenvalue weighted by molar-refractivity contribution is -0.114. The summed E-state index contributed by atoms with van der Waals surface area (Å²) in [5, 5.41) is 3.98. The highest BCUT2D eigenvalue weighted by molar-refractivity contribution is 7.18. The normalized spacial score (nSPS) is 10.8. The van der Waals surface area contributed by atoms with Crippen LogP contribution in [-0.4, -0.2) is 16.9 Å². The molecule has 0 fully saturated rings. The smallest absolute Gasteiger partial charge is 0.341 e. The first-order valence-corrected chi connectivity index (χ1v) is 8.98. The highest BCUT2D eigenvalue weighted by atomic mass is 32.1. The third-order valence-electron chi connectivity index (χ3n) is 3.54. The molecule has 2 heterocycles. The molecule has 0 radical (unpaired) electrons. The fraction of sp³-hybridized carbons (Fsp3) is 0.235. The number of aromatic nitrogens is 1. The van der Waals surface area contributed by atoms with E-state index in [2.05, 4.69) is 10.3 Å². The van der Waals surface area contributed by atoms with Crippen LogP contribution in [-0.2, 0) is 16.1 Å². The highest BCUT2D eigenvalue weighted by Crippen LogP contribution is 2.33. The maximum Gasteiger partial charge on any atom is 0.341 e. The van der Waals surface area contributed by atoms with Crippen molar-refractivity contribution in [1.29, 1.82) is 0 Å². The Bertz CT molecular complexity index is 894. The topological polar surface area (TPSA) is 68.3 Å². The molecule has 1 N–H and O–H groups in total. The molecule has 0 bridgehead atoms. The quantitative estimate of drug-likeness (QED) is 0.705. The standard InChI is InChI=1S/C17H16N2O3S2/c1-9-10(2)23-16(18-11(3)20)15(9)17(21)22-8-14-19-12-6-4-5-7-13(12)24-14/h4-7H,8H2,1-3H3,(H,18,20). The average Bonchev–Trinajstić information content (AvgIpc) is 3.06. The molecule has 1 aromatic carbocycles. The second-order valence-corrected chi connectivity index (χ2v) is 7.66. The Balaban J connectivity index is 1.78. The van der Waals surface area contributed by atoms with Gasteiger partial charge in [0.05, 0.1) is 15.8 Å². The summed E-state index contributed by atoms with van der Waals surface area (Å²) in [5.41, 5.74) is 2.15. The van der Waals surface area contributed by atoms with Gasteiger partial charge in [-0.05, 0) is 31.5 Å². The van der Waals surface area contributed by atoms with Crippen molar-refractivity contribution >= 4 is 49.8 Å². The Labute approximate surface area is 147 Å². The van der Waals surface area contributed by atoms with Crippen LogP contribution in [0.15, 0.2) is 24.3 Å². The van der Waals surface area contributed by atoms with Crippen molar-refractivity contribution in [2.75, 3.05) is 5.32 Å². The van der Waals surface area contributed by atoms with Gasteiger partial charge in [0.25, 0.3) is 0 Å². The van der Waals surface area contributed by atoms with E-state index in [4.69, 9.17) is 4.74 Å². The number of ether oxygens (including phenoxy) is 1. The van der Waals surface area contributed by atoms with Gasteiger partial charge in [-0.15, -0.1) is 22.7 Å². The van der Waals surface area contributed by atoms with Crippen LogP contribution in [0.1, 0.15) is 32.7 Å². The van der Waals surface area contributed by atoms with E-state index in [9.17, 15) is 9.59 Å². The van der Waals surface area contributed by atoms with Gasteiger partial charge in [-0.3, -0.25) is 4.79 Å². The number of thiophene rings is 1. The van der Waals surface area contributed by atoms with Gasteiger partial charge in [0, 0.05) is 11.8 Å². The number of para-hydroxylation sites is 1. The third kappa shape index (κ3) is 3.32. The van der Waals surface area contributed by atoms with Gasteiger partial charge < -0.3 is 10.1 Å². The Kier molecular flexibility index (Phi) is 4.64. The maximum atomic E-state index is 12.5. The van der Waals surface area contributed by atoms with E-state index in [1.807, 2.05) is 38.1 Å². The molecule has 0 saturated heterocycles. The summed E-state index contributed by atoms with van der Waals surface area (Å²) in [6, 6.07) is 7.79. The van der Waals surface area contributed by atoms with Crippen molar-refractivity contribution in [1.82, 2.24) is 4.98 Å². The molecule has 0 spiro atoms. The van der Waals surface area contributed by atoms with Crippen molar-refractivity contribution < 1.29 is 14.3 Å². The van der Waals surface area contributed by atoms with Crippen molar-refractivity contribution in [3.63, 3.8) is 0 Å². The molecule has 3 aromatic rings. The van der Waals surface area contributed by atoms with Crippen molar-refractivity contribution in [2.24, 2.45) is 0 Å². The van der Waals surface area contributed by atoms with Crippen LogP contribution in [0.2, 0.25) is 0 Å². The Morgan fingerprint density at radius 2 is 1.96 bits per heavy atom. The third-order valence-corrected chi connectivity index (χ3v) is 5.68. The average molecular weight is 360 g/mol. The van der Waals surface area contributed by atoms with Crippen LogP contribution < -0.4 is 5.32 Å². The first-order valence-electron chi connectivity index (χ1n) is 7.35. The summed E-state index contributed by atoms with van der Waals surface area (Å²) in [6.45, 7) is 5.30. The lowest BCUT2D eigenvalue weighted by Gasteiger charge is -2.06. The van der Waals surface area contributed by atoms with E-state index in [0.717, 1.165) is 25.7 Å². The minimum Gasteiger partial charge on any atom is -0.455 e. The molecule has 0 unspecified atom stereocenters. The summed E-state index contributed by atoms with van der Waals surface area (Å²) in [6.07, 6.45) is 0. The van der Waals surface area contributed by atoms with Crippen LogP contribution in [0, 0.1) is 13.8 Å². The number of amides is 1. The van der Waals surface area contributed by atoms with E-state index in [1.54, 1.807) is 0 Å². The number of rotatable bonds is 4. The van der Waals surface area contributed by atoms with Gasteiger partial charge in [-0.1, -0.05) is 12.1 Å². The lowest BCUT2D eigenvalue weighted by Crippen LogP contribution is -2.11. The molecule has 1 amide bonds. The van der Waals surface area contributed by atoms with Crippen LogP contribution >= 0.6 is 22.7 Å². The molecule has 0 atom stereocenters. The van der Waals surface area contributed by atoms with Crippen LogP contribution in [0.4, 0.5) is 5.00 Å². The summed E-state index contributed by atoms with van der Waals surface area (Å²) in [4.78, 5) is 29.2. The lowest BCUT2D eigenvalue weighted by atomic mass is 10.1. The monoisotopic (exact) mass is 360 g/mol. The van der Waals surface area contributed by atoms with Gasteiger partial charge in [-0.2, -0.15) is 0 Å². The number of benzene rings is 1. The van der Waals surface area contributed by atoms with E-state index in [1.165, 1.54) is 29.6 Å².